The summed E-state index contributed by atoms with van der Waals surface area (Å²) in [7, 11) is 0. The molecule has 0 fully saturated rings. The second-order valence-electron chi connectivity index (χ2n) is 4.22. The first-order valence-corrected chi connectivity index (χ1v) is 4.91. The fourth-order valence-electron chi connectivity index (χ4n) is 1.14. The summed E-state index contributed by atoms with van der Waals surface area (Å²) in [5.41, 5.74) is 4.94. The van der Waals surface area contributed by atoms with E-state index < -0.39 is 17.2 Å². The largest absolute Gasteiger partial charge is 0.504 e. The molecular weight excluding hydrogens is 208 g/mol. The molecule has 5 N–H and O–H groups in total. The van der Waals surface area contributed by atoms with Gasteiger partial charge in [0.25, 0.3) is 5.91 Å². The summed E-state index contributed by atoms with van der Waals surface area (Å²) >= 11 is 0. The highest BCUT2D eigenvalue weighted by Crippen LogP contribution is 2.28. The summed E-state index contributed by atoms with van der Waals surface area (Å²) in [6, 6.07) is 4.22. The van der Waals surface area contributed by atoms with Gasteiger partial charge in [0.15, 0.2) is 11.5 Å². The van der Waals surface area contributed by atoms with Crippen LogP contribution in [0.1, 0.15) is 24.2 Å². The monoisotopic (exact) mass is 224 g/mol. The van der Waals surface area contributed by atoms with Gasteiger partial charge in [-0.15, -0.1) is 0 Å². The molecule has 0 saturated carbocycles. The van der Waals surface area contributed by atoms with Crippen molar-refractivity contribution >= 4 is 5.91 Å². The van der Waals surface area contributed by atoms with Crippen LogP contribution in [0.3, 0.4) is 0 Å². The number of nitrogens with one attached hydrogen (secondary N) is 1. The zero-order valence-corrected chi connectivity index (χ0v) is 9.32. The van der Waals surface area contributed by atoms with Gasteiger partial charge in [-0.25, -0.2) is 0 Å². The van der Waals surface area contributed by atoms with E-state index in [1.165, 1.54) is 18.2 Å². The van der Waals surface area contributed by atoms with Crippen molar-refractivity contribution in [2.24, 2.45) is 5.73 Å². The molecule has 0 saturated heterocycles. The summed E-state index contributed by atoms with van der Waals surface area (Å²) in [6.45, 7) is 3.81. The Morgan fingerprint density at radius 2 is 2.06 bits per heavy atom. The van der Waals surface area contributed by atoms with Crippen LogP contribution in [0, 0.1) is 0 Å². The Labute approximate surface area is 93.9 Å². The minimum absolute atomic E-state index is 0.0292. The average Bonchev–Trinajstić information content (AvgIpc) is 2.21. The van der Waals surface area contributed by atoms with Crippen molar-refractivity contribution in [2.45, 2.75) is 19.4 Å². The molecule has 0 spiro atoms. The Morgan fingerprint density at radius 3 is 2.62 bits per heavy atom. The first-order valence-electron chi connectivity index (χ1n) is 4.91. The van der Waals surface area contributed by atoms with Gasteiger partial charge >= 0.3 is 0 Å². The van der Waals surface area contributed by atoms with Crippen molar-refractivity contribution in [1.82, 2.24) is 5.32 Å². The Bertz CT molecular complexity index is 402. The third-order valence-electron chi connectivity index (χ3n) is 2.22. The van der Waals surface area contributed by atoms with Gasteiger partial charge in [-0.05, 0) is 26.0 Å². The number of phenolic OH excluding ortho intramolecular Hbond substituents is 2. The molecule has 1 aromatic carbocycles. The average molecular weight is 224 g/mol. The van der Waals surface area contributed by atoms with Gasteiger partial charge in [0.1, 0.15) is 0 Å². The molecule has 1 aromatic rings. The van der Waals surface area contributed by atoms with Crippen LogP contribution in [-0.4, -0.2) is 28.2 Å². The number of carbonyl (C=O) groups excluding carboxylic acids is 1. The molecule has 0 aliphatic heterocycles. The smallest absolute Gasteiger partial charge is 0.255 e. The lowest BCUT2D eigenvalue weighted by molar-refractivity contribution is 0.0912. The number of hydrogen-bond acceptors (Lipinski definition) is 4. The fraction of sp³-hybridized carbons (Fsp3) is 0.364. The van der Waals surface area contributed by atoms with Crippen LogP contribution in [0.5, 0.6) is 11.5 Å². The number of para-hydroxylation sites is 1. The van der Waals surface area contributed by atoms with E-state index >= 15 is 0 Å². The van der Waals surface area contributed by atoms with Gasteiger partial charge < -0.3 is 21.3 Å². The van der Waals surface area contributed by atoms with Crippen molar-refractivity contribution in [1.29, 1.82) is 0 Å². The number of amides is 1. The van der Waals surface area contributed by atoms with Crippen LogP contribution in [0.25, 0.3) is 0 Å². The summed E-state index contributed by atoms with van der Waals surface area (Å²) < 4.78 is 0. The minimum atomic E-state index is -0.561. The first-order chi connectivity index (χ1) is 7.37. The van der Waals surface area contributed by atoms with E-state index in [0.717, 1.165) is 0 Å². The topological polar surface area (TPSA) is 95.6 Å². The van der Waals surface area contributed by atoms with E-state index in [-0.39, 0.29) is 17.9 Å². The molecular formula is C11H16N2O3. The summed E-state index contributed by atoms with van der Waals surface area (Å²) in [5, 5.41) is 21.4. The Morgan fingerprint density at radius 1 is 1.44 bits per heavy atom. The molecule has 0 bridgehead atoms. The third kappa shape index (κ3) is 2.64. The number of aromatic hydroxyl groups is 2. The molecule has 88 valence electrons. The Kier molecular flexibility index (Phi) is 3.39. The summed E-state index contributed by atoms with van der Waals surface area (Å²) in [5.74, 6) is -1.21. The van der Waals surface area contributed by atoms with Gasteiger partial charge in [-0.2, -0.15) is 0 Å². The lowest BCUT2D eigenvalue weighted by atomic mass is 10.0. The first kappa shape index (κ1) is 12.3. The van der Waals surface area contributed by atoms with Crippen molar-refractivity contribution in [2.75, 3.05) is 6.54 Å². The lowest BCUT2D eigenvalue weighted by Crippen LogP contribution is -2.48. The molecule has 0 unspecified atom stereocenters. The molecule has 0 aliphatic carbocycles. The molecule has 0 radical (unpaired) electrons. The highest BCUT2D eigenvalue weighted by atomic mass is 16.3. The number of benzene rings is 1. The van der Waals surface area contributed by atoms with Crippen LogP contribution in [0.2, 0.25) is 0 Å². The Balaban J connectivity index is 2.94. The Hall–Kier alpha value is -1.75. The van der Waals surface area contributed by atoms with E-state index in [4.69, 9.17) is 5.73 Å². The molecule has 5 heteroatoms. The van der Waals surface area contributed by atoms with E-state index in [9.17, 15) is 15.0 Å². The summed E-state index contributed by atoms with van der Waals surface area (Å²) in [4.78, 5) is 11.8. The normalized spacial score (nSPS) is 11.2. The molecule has 1 rings (SSSR count). The number of nitrogens with two attached hydrogens (primary N) is 1. The van der Waals surface area contributed by atoms with E-state index in [1.54, 1.807) is 13.8 Å². The van der Waals surface area contributed by atoms with Gasteiger partial charge in [-0.3, -0.25) is 4.79 Å². The fourth-order valence-corrected chi connectivity index (χ4v) is 1.14. The van der Waals surface area contributed by atoms with Gasteiger partial charge in [0, 0.05) is 12.1 Å². The van der Waals surface area contributed by atoms with Crippen molar-refractivity contribution < 1.29 is 15.0 Å². The second kappa shape index (κ2) is 4.40. The van der Waals surface area contributed by atoms with Gasteiger partial charge in [0.05, 0.1) is 5.56 Å². The molecule has 16 heavy (non-hydrogen) atoms. The number of carbonyl (C=O) groups is 1. The number of phenols is 2. The van der Waals surface area contributed by atoms with Crippen LogP contribution < -0.4 is 11.1 Å². The van der Waals surface area contributed by atoms with Crippen LogP contribution >= 0.6 is 0 Å². The lowest BCUT2D eigenvalue weighted by Gasteiger charge is -2.24. The SMILES string of the molecule is CC(C)(CN)NC(=O)c1cccc(O)c1O. The van der Waals surface area contributed by atoms with Crippen molar-refractivity contribution in [3.8, 4) is 11.5 Å². The molecule has 0 atom stereocenters. The zero-order chi connectivity index (χ0) is 12.3. The van der Waals surface area contributed by atoms with E-state index in [2.05, 4.69) is 5.32 Å². The molecule has 1 amide bonds. The third-order valence-corrected chi connectivity index (χ3v) is 2.22. The maximum atomic E-state index is 11.8. The molecule has 5 nitrogen and oxygen atoms in total. The van der Waals surface area contributed by atoms with Crippen molar-refractivity contribution in [3.63, 3.8) is 0 Å². The molecule has 0 heterocycles. The number of rotatable bonds is 3. The van der Waals surface area contributed by atoms with Crippen molar-refractivity contribution in [3.05, 3.63) is 23.8 Å². The van der Waals surface area contributed by atoms with Gasteiger partial charge in [-0.1, -0.05) is 6.07 Å². The highest BCUT2D eigenvalue weighted by Gasteiger charge is 2.21. The maximum Gasteiger partial charge on any atom is 0.255 e. The minimum Gasteiger partial charge on any atom is -0.504 e. The molecule has 0 aliphatic rings. The quantitative estimate of drug-likeness (QED) is 0.564. The van der Waals surface area contributed by atoms with Gasteiger partial charge in [0.2, 0.25) is 0 Å². The van der Waals surface area contributed by atoms with Crippen LogP contribution in [-0.2, 0) is 0 Å². The van der Waals surface area contributed by atoms with Crippen LogP contribution in [0.4, 0.5) is 0 Å². The molecule has 0 aromatic heterocycles. The predicted molar refractivity (Wildman–Crippen MR) is 60.4 cm³/mol. The van der Waals surface area contributed by atoms with E-state index in [1.807, 2.05) is 0 Å². The predicted octanol–water partition coefficient (Wildman–Crippen LogP) is 0.565. The summed E-state index contributed by atoms with van der Waals surface area (Å²) in [6.07, 6.45) is 0. The second-order valence-corrected chi connectivity index (χ2v) is 4.22. The van der Waals surface area contributed by atoms with E-state index in [0.29, 0.717) is 0 Å². The number of hydrogen-bond donors (Lipinski definition) is 4. The maximum absolute atomic E-state index is 11.8. The standard InChI is InChI=1S/C11H16N2O3/c1-11(2,6-12)13-10(16)7-4-3-5-8(14)9(7)15/h3-5,14-15H,6,12H2,1-2H3,(H,13,16). The highest BCUT2D eigenvalue weighted by molar-refractivity contribution is 5.98. The zero-order valence-electron chi connectivity index (χ0n) is 9.32. The van der Waals surface area contributed by atoms with Crippen LogP contribution in [0.15, 0.2) is 18.2 Å².